The van der Waals surface area contributed by atoms with E-state index in [0.29, 0.717) is 5.41 Å². The Bertz CT molecular complexity index is 570. The maximum atomic E-state index is 12.7. The van der Waals surface area contributed by atoms with Crippen molar-refractivity contribution in [2.75, 3.05) is 38.2 Å². The zero-order chi connectivity index (χ0) is 14.3. The quantitative estimate of drug-likeness (QED) is 0.864. The Hall–Kier alpha value is -1.26. The number of carbonyl (C=O) groups excluding carboxylic acids is 1. The molecule has 4 rings (SSSR count). The first-order chi connectivity index (χ1) is 10.3. The molecule has 3 aliphatic rings. The van der Waals surface area contributed by atoms with Crippen molar-refractivity contribution in [3.8, 4) is 0 Å². The van der Waals surface area contributed by atoms with Crippen molar-refractivity contribution < 1.29 is 9.53 Å². The SMILES string of the molecule is Cl.O=C(c1ccc2c(c1)CCN2)N1CCC2(CCOCC2)C1. The first-order valence-electron chi connectivity index (χ1n) is 8.00. The molecular formula is C17H23ClN2O2. The summed E-state index contributed by atoms with van der Waals surface area (Å²) in [4.78, 5) is 14.8. The highest BCUT2D eigenvalue weighted by atomic mass is 35.5. The van der Waals surface area contributed by atoms with Crippen LogP contribution >= 0.6 is 12.4 Å². The fourth-order valence-electron chi connectivity index (χ4n) is 3.94. The van der Waals surface area contributed by atoms with Crippen LogP contribution in [0.1, 0.15) is 35.2 Å². The Morgan fingerprint density at radius 2 is 2.05 bits per heavy atom. The van der Waals surface area contributed by atoms with Crippen LogP contribution in [0.5, 0.6) is 0 Å². The number of carbonyl (C=O) groups is 1. The average Bonchev–Trinajstić information content (AvgIpc) is 3.14. The second kappa shape index (κ2) is 6.09. The second-order valence-electron chi connectivity index (χ2n) is 6.64. The van der Waals surface area contributed by atoms with E-state index in [0.717, 1.165) is 64.1 Å². The van der Waals surface area contributed by atoms with E-state index in [9.17, 15) is 4.79 Å². The van der Waals surface area contributed by atoms with Gasteiger partial charge in [0.2, 0.25) is 0 Å². The minimum absolute atomic E-state index is 0. The van der Waals surface area contributed by atoms with Gasteiger partial charge in [-0.3, -0.25) is 4.79 Å². The standard InChI is InChI=1S/C17H22N2O2.ClH/c20-16(14-1-2-15-13(11-14)3-7-18-15)19-8-4-17(12-19)5-9-21-10-6-17;/h1-2,11,18H,3-10,12H2;1H. The van der Waals surface area contributed by atoms with Crippen LogP contribution in [0, 0.1) is 5.41 Å². The van der Waals surface area contributed by atoms with Crippen molar-refractivity contribution in [1.82, 2.24) is 4.90 Å². The lowest BCUT2D eigenvalue weighted by molar-refractivity contribution is 0.0191. The Morgan fingerprint density at radius 3 is 2.86 bits per heavy atom. The van der Waals surface area contributed by atoms with Crippen LogP contribution < -0.4 is 5.32 Å². The number of amides is 1. The molecule has 0 unspecified atom stereocenters. The number of nitrogens with zero attached hydrogens (tertiary/aromatic N) is 1. The Labute approximate surface area is 137 Å². The van der Waals surface area contributed by atoms with Crippen LogP contribution in [-0.4, -0.2) is 43.7 Å². The summed E-state index contributed by atoms with van der Waals surface area (Å²) in [5.74, 6) is 0.202. The number of hydrogen-bond acceptors (Lipinski definition) is 3. The molecule has 1 aromatic rings. The lowest BCUT2D eigenvalue weighted by Gasteiger charge is -2.33. The van der Waals surface area contributed by atoms with Gasteiger partial charge in [-0.15, -0.1) is 12.4 Å². The van der Waals surface area contributed by atoms with E-state index < -0.39 is 0 Å². The fourth-order valence-corrected chi connectivity index (χ4v) is 3.94. The molecule has 3 aliphatic heterocycles. The van der Waals surface area contributed by atoms with Crippen molar-refractivity contribution in [3.63, 3.8) is 0 Å². The predicted molar refractivity (Wildman–Crippen MR) is 88.9 cm³/mol. The summed E-state index contributed by atoms with van der Waals surface area (Å²) in [6.45, 7) is 4.50. The fraction of sp³-hybridized carbons (Fsp3) is 0.588. The van der Waals surface area contributed by atoms with Crippen LogP contribution in [0.2, 0.25) is 0 Å². The Morgan fingerprint density at radius 1 is 1.23 bits per heavy atom. The van der Waals surface area contributed by atoms with Crippen LogP contribution in [-0.2, 0) is 11.2 Å². The highest BCUT2D eigenvalue weighted by Crippen LogP contribution is 2.40. The van der Waals surface area contributed by atoms with Crippen LogP contribution in [0.3, 0.4) is 0 Å². The third-order valence-electron chi connectivity index (χ3n) is 5.34. The van der Waals surface area contributed by atoms with Crippen molar-refractivity contribution in [2.45, 2.75) is 25.7 Å². The van der Waals surface area contributed by atoms with Gasteiger partial charge < -0.3 is 15.0 Å². The van der Waals surface area contributed by atoms with Gasteiger partial charge >= 0.3 is 0 Å². The highest BCUT2D eigenvalue weighted by molar-refractivity contribution is 5.95. The van der Waals surface area contributed by atoms with Crippen LogP contribution in [0.15, 0.2) is 18.2 Å². The number of likely N-dealkylation sites (tertiary alicyclic amines) is 1. The van der Waals surface area contributed by atoms with E-state index in [1.165, 1.54) is 11.3 Å². The molecule has 0 radical (unpaired) electrons. The number of fused-ring (bicyclic) bond motifs is 1. The van der Waals surface area contributed by atoms with Gasteiger partial charge in [-0.2, -0.15) is 0 Å². The molecule has 3 heterocycles. The number of rotatable bonds is 1. The van der Waals surface area contributed by atoms with E-state index in [-0.39, 0.29) is 18.3 Å². The lowest BCUT2D eigenvalue weighted by Crippen LogP contribution is -2.35. The molecule has 0 bridgehead atoms. The minimum Gasteiger partial charge on any atom is -0.384 e. The number of halogens is 1. The number of ether oxygens (including phenoxy) is 1. The molecule has 2 fully saturated rings. The predicted octanol–water partition coefficient (Wildman–Crippen LogP) is 2.72. The zero-order valence-electron chi connectivity index (χ0n) is 12.8. The molecule has 2 saturated heterocycles. The van der Waals surface area contributed by atoms with Gasteiger partial charge in [-0.25, -0.2) is 0 Å². The molecule has 0 aliphatic carbocycles. The molecule has 0 saturated carbocycles. The molecule has 1 N–H and O–H groups in total. The van der Waals surface area contributed by atoms with Crippen molar-refractivity contribution in [2.24, 2.45) is 5.41 Å². The molecule has 4 nitrogen and oxygen atoms in total. The van der Waals surface area contributed by atoms with Gasteiger partial charge in [0.15, 0.2) is 0 Å². The van der Waals surface area contributed by atoms with Crippen molar-refractivity contribution >= 4 is 24.0 Å². The third kappa shape index (κ3) is 2.70. The van der Waals surface area contributed by atoms with Crippen LogP contribution in [0.25, 0.3) is 0 Å². The summed E-state index contributed by atoms with van der Waals surface area (Å²) in [5.41, 5.74) is 3.64. The summed E-state index contributed by atoms with van der Waals surface area (Å²) in [6, 6.07) is 6.09. The molecule has 5 heteroatoms. The van der Waals surface area contributed by atoms with E-state index >= 15 is 0 Å². The number of benzene rings is 1. The lowest BCUT2D eigenvalue weighted by atomic mass is 9.80. The average molecular weight is 323 g/mol. The Kier molecular flexibility index (Phi) is 4.33. The molecule has 0 atom stereocenters. The molecule has 22 heavy (non-hydrogen) atoms. The summed E-state index contributed by atoms with van der Waals surface area (Å²) >= 11 is 0. The molecule has 0 aromatic heterocycles. The van der Waals surface area contributed by atoms with Gasteiger partial charge in [0.1, 0.15) is 0 Å². The summed E-state index contributed by atoms with van der Waals surface area (Å²) in [6.07, 6.45) is 4.36. The van der Waals surface area contributed by atoms with E-state index in [1.807, 2.05) is 6.07 Å². The largest absolute Gasteiger partial charge is 0.384 e. The summed E-state index contributed by atoms with van der Waals surface area (Å²) in [7, 11) is 0. The smallest absolute Gasteiger partial charge is 0.253 e. The molecule has 120 valence electrons. The van der Waals surface area contributed by atoms with Gasteiger partial charge in [-0.05, 0) is 54.9 Å². The number of anilines is 1. The van der Waals surface area contributed by atoms with Gasteiger partial charge in [0, 0.05) is 44.1 Å². The first kappa shape index (κ1) is 15.6. The third-order valence-corrected chi connectivity index (χ3v) is 5.34. The van der Waals surface area contributed by atoms with E-state index in [1.54, 1.807) is 0 Å². The number of hydrogen-bond donors (Lipinski definition) is 1. The summed E-state index contributed by atoms with van der Waals surface area (Å²) in [5, 5.41) is 3.34. The van der Waals surface area contributed by atoms with Crippen LogP contribution in [0.4, 0.5) is 5.69 Å². The zero-order valence-corrected chi connectivity index (χ0v) is 13.6. The summed E-state index contributed by atoms with van der Waals surface area (Å²) < 4.78 is 5.48. The number of nitrogens with one attached hydrogen (secondary N) is 1. The monoisotopic (exact) mass is 322 g/mol. The van der Waals surface area contributed by atoms with Gasteiger partial charge in [0.05, 0.1) is 0 Å². The van der Waals surface area contributed by atoms with E-state index in [4.69, 9.17) is 4.74 Å². The van der Waals surface area contributed by atoms with E-state index in [2.05, 4.69) is 22.3 Å². The van der Waals surface area contributed by atoms with Crippen molar-refractivity contribution in [3.05, 3.63) is 29.3 Å². The second-order valence-corrected chi connectivity index (χ2v) is 6.64. The Balaban J connectivity index is 0.00000144. The van der Waals surface area contributed by atoms with Gasteiger partial charge in [-0.1, -0.05) is 0 Å². The van der Waals surface area contributed by atoms with Crippen molar-refractivity contribution in [1.29, 1.82) is 0 Å². The molecule has 1 aromatic carbocycles. The van der Waals surface area contributed by atoms with Gasteiger partial charge in [0.25, 0.3) is 5.91 Å². The minimum atomic E-state index is 0. The molecule has 1 spiro atoms. The maximum Gasteiger partial charge on any atom is 0.253 e. The molecule has 1 amide bonds. The normalized spacial score (nSPS) is 22.1. The topological polar surface area (TPSA) is 41.6 Å². The maximum absolute atomic E-state index is 12.7. The first-order valence-corrected chi connectivity index (χ1v) is 8.00. The molecular weight excluding hydrogens is 300 g/mol. The highest BCUT2D eigenvalue weighted by Gasteiger charge is 2.41.